The lowest BCUT2D eigenvalue weighted by Gasteiger charge is -2.17. The van der Waals surface area contributed by atoms with Gasteiger partial charge in [0.05, 0.1) is 6.61 Å². The first-order chi connectivity index (χ1) is 10.7. The Labute approximate surface area is 127 Å². The molecule has 2 aromatic rings. The number of esters is 1. The van der Waals surface area contributed by atoms with Gasteiger partial charge in [-0.2, -0.15) is 0 Å². The van der Waals surface area contributed by atoms with Crippen molar-refractivity contribution in [2.24, 2.45) is 17.8 Å². The molecule has 0 unspecified atom stereocenters. The average Bonchev–Trinajstić information content (AvgIpc) is 3.14. The molecule has 112 valence electrons. The van der Waals surface area contributed by atoms with Gasteiger partial charge in [0.2, 0.25) is 0 Å². The Bertz CT molecular complexity index is 817. The summed E-state index contributed by atoms with van der Waals surface area (Å²) in [5.41, 5.74) is -0.198. The van der Waals surface area contributed by atoms with Crippen LogP contribution in [0, 0.1) is 17.8 Å². The van der Waals surface area contributed by atoms with Crippen LogP contribution in [0.2, 0.25) is 0 Å². The van der Waals surface area contributed by atoms with E-state index in [2.05, 4.69) is 12.2 Å². The van der Waals surface area contributed by atoms with Crippen LogP contribution >= 0.6 is 0 Å². The Morgan fingerprint density at radius 2 is 2.09 bits per heavy atom. The van der Waals surface area contributed by atoms with Gasteiger partial charge in [-0.25, -0.2) is 9.59 Å². The minimum Gasteiger partial charge on any atom is -0.462 e. The highest BCUT2D eigenvalue weighted by atomic mass is 16.5. The van der Waals surface area contributed by atoms with E-state index in [-0.39, 0.29) is 5.56 Å². The second-order valence-electron chi connectivity index (χ2n) is 6.12. The molecule has 1 aromatic carbocycles. The van der Waals surface area contributed by atoms with Crippen molar-refractivity contribution >= 4 is 16.9 Å². The Kier molecular flexibility index (Phi) is 3.10. The normalized spacial score (nSPS) is 25.7. The molecule has 2 aliphatic carbocycles. The SMILES string of the molecule is O=C(OC[C@H]1C[C@@H]2C=C[C@H]1C2)c1cc2ccccc2oc1=O. The van der Waals surface area contributed by atoms with Crippen molar-refractivity contribution in [1.82, 2.24) is 0 Å². The lowest BCUT2D eigenvalue weighted by atomic mass is 9.95. The second-order valence-corrected chi connectivity index (χ2v) is 6.12. The monoisotopic (exact) mass is 296 g/mol. The van der Waals surface area contributed by atoms with Crippen molar-refractivity contribution in [1.29, 1.82) is 0 Å². The Morgan fingerprint density at radius 1 is 1.23 bits per heavy atom. The van der Waals surface area contributed by atoms with Crippen LogP contribution in [0.4, 0.5) is 0 Å². The molecule has 0 N–H and O–H groups in total. The van der Waals surface area contributed by atoms with Crippen LogP contribution in [0.15, 0.2) is 51.7 Å². The molecule has 4 nitrogen and oxygen atoms in total. The number of fused-ring (bicyclic) bond motifs is 3. The summed E-state index contributed by atoms with van der Waals surface area (Å²) in [7, 11) is 0. The zero-order valence-corrected chi connectivity index (χ0v) is 12.0. The molecule has 1 aromatic heterocycles. The molecular weight excluding hydrogens is 280 g/mol. The van der Waals surface area contributed by atoms with Gasteiger partial charge >= 0.3 is 11.6 Å². The van der Waals surface area contributed by atoms with Crippen LogP contribution in [-0.2, 0) is 4.74 Å². The largest absolute Gasteiger partial charge is 0.462 e. The summed E-state index contributed by atoms with van der Waals surface area (Å²) in [6.45, 7) is 0.372. The van der Waals surface area contributed by atoms with Crippen LogP contribution in [0.1, 0.15) is 23.2 Å². The number of hydrogen-bond acceptors (Lipinski definition) is 4. The van der Waals surface area contributed by atoms with Gasteiger partial charge in [0, 0.05) is 5.39 Å². The third-order valence-corrected chi connectivity index (χ3v) is 4.71. The van der Waals surface area contributed by atoms with E-state index in [1.165, 1.54) is 6.42 Å². The van der Waals surface area contributed by atoms with Crippen molar-refractivity contribution in [3.8, 4) is 0 Å². The third kappa shape index (κ3) is 2.25. The highest BCUT2D eigenvalue weighted by Gasteiger charge is 2.36. The standard InChI is InChI=1S/C18H16O4/c19-17(21-10-14-8-11-5-6-12(14)7-11)15-9-13-3-1-2-4-16(13)22-18(15)20/h1-6,9,11-12,14H,7-8,10H2/t11-,12+,14-/m1/s1. The van der Waals surface area contributed by atoms with Crippen LogP contribution in [-0.4, -0.2) is 12.6 Å². The van der Waals surface area contributed by atoms with E-state index in [1.54, 1.807) is 24.3 Å². The van der Waals surface area contributed by atoms with Crippen molar-refractivity contribution in [3.05, 3.63) is 58.5 Å². The Morgan fingerprint density at radius 3 is 2.86 bits per heavy atom. The predicted molar refractivity (Wildman–Crippen MR) is 81.6 cm³/mol. The van der Waals surface area contributed by atoms with E-state index in [0.717, 1.165) is 11.8 Å². The molecule has 4 heteroatoms. The number of para-hydroxylation sites is 1. The van der Waals surface area contributed by atoms with Crippen molar-refractivity contribution in [3.63, 3.8) is 0 Å². The predicted octanol–water partition coefficient (Wildman–Crippen LogP) is 3.16. The number of hydrogen-bond donors (Lipinski definition) is 0. The fourth-order valence-electron chi connectivity index (χ4n) is 3.55. The maximum Gasteiger partial charge on any atom is 0.351 e. The minimum absolute atomic E-state index is 0.0302. The van der Waals surface area contributed by atoms with Gasteiger partial charge in [0.1, 0.15) is 11.1 Å². The quantitative estimate of drug-likeness (QED) is 0.496. The molecule has 4 rings (SSSR count). The summed E-state index contributed by atoms with van der Waals surface area (Å²) in [6.07, 6.45) is 6.71. The van der Waals surface area contributed by atoms with Gasteiger partial charge < -0.3 is 9.15 Å². The summed E-state index contributed by atoms with van der Waals surface area (Å²) >= 11 is 0. The van der Waals surface area contributed by atoms with Crippen molar-refractivity contribution in [2.75, 3.05) is 6.61 Å². The molecule has 0 radical (unpaired) electrons. The number of carbonyl (C=O) groups is 1. The van der Waals surface area contributed by atoms with E-state index in [9.17, 15) is 9.59 Å². The Balaban J connectivity index is 1.51. The first kappa shape index (κ1) is 13.3. The van der Waals surface area contributed by atoms with Gasteiger partial charge in [-0.3, -0.25) is 0 Å². The van der Waals surface area contributed by atoms with Crippen molar-refractivity contribution in [2.45, 2.75) is 12.8 Å². The summed E-state index contributed by atoms with van der Waals surface area (Å²) in [5.74, 6) is 0.947. The molecule has 0 saturated heterocycles. The van der Waals surface area contributed by atoms with Gasteiger partial charge in [-0.05, 0) is 42.7 Å². The second kappa shape index (κ2) is 5.13. The van der Waals surface area contributed by atoms with Crippen LogP contribution < -0.4 is 5.63 Å². The molecule has 3 atom stereocenters. The number of ether oxygens (including phenoxy) is 1. The van der Waals surface area contributed by atoms with Gasteiger partial charge in [-0.15, -0.1) is 0 Å². The first-order valence-electron chi connectivity index (χ1n) is 7.59. The molecule has 1 heterocycles. The zero-order valence-electron chi connectivity index (χ0n) is 12.0. The average molecular weight is 296 g/mol. The fourth-order valence-corrected chi connectivity index (χ4v) is 3.55. The van der Waals surface area contributed by atoms with Crippen LogP contribution in [0.5, 0.6) is 0 Å². The van der Waals surface area contributed by atoms with E-state index in [4.69, 9.17) is 9.15 Å². The summed E-state index contributed by atoms with van der Waals surface area (Å²) in [5, 5.41) is 0.719. The molecule has 22 heavy (non-hydrogen) atoms. The smallest absolute Gasteiger partial charge is 0.351 e. The molecule has 2 aliphatic rings. The van der Waals surface area contributed by atoms with E-state index < -0.39 is 11.6 Å². The highest BCUT2D eigenvalue weighted by molar-refractivity contribution is 5.92. The Hall–Kier alpha value is -2.36. The lowest BCUT2D eigenvalue weighted by molar-refractivity contribution is 0.0416. The minimum atomic E-state index is -0.642. The zero-order chi connectivity index (χ0) is 15.1. The third-order valence-electron chi connectivity index (χ3n) is 4.71. The van der Waals surface area contributed by atoms with Gasteiger partial charge in [-0.1, -0.05) is 30.4 Å². The van der Waals surface area contributed by atoms with Gasteiger partial charge in [0.25, 0.3) is 0 Å². The topological polar surface area (TPSA) is 56.5 Å². The molecule has 0 aliphatic heterocycles. The number of allylic oxidation sites excluding steroid dienone is 2. The van der Waals surface area contributed by atoms with Gasteiger partial charge in [0.15, 0.2) is 0 Å². The van der Waals surface area contributed by atoms with E-state index >= 15 is 0 Å². The summed E-state index contributed by atoms with van der Waals surface area (Å²) in [6, 6.07) is 8.67. The van der Waals surface area contributed by atoms with Crippen LogP contribution in [0.3, 0.4) is 0 Å². The maximum absolute atomic E-state index is 12.2. The first-order valence-corrected chi connectivity index (χ1v) is 7.59. The summed E-state index contributed by atoms with van der Waals surface area (Å²) in [4.78, 5) is 24.1. The van der Waals surface area contributed by atoms with Crippen molar-refractivity contribution < 1.29 is 13.9 Å². The fraction of sp³-hybridized carbons (Fsp3) is 0.333. The molecule has 1 saturated carbocycles. The number of benzene rings is 1. The molecule has 0 amide bonds. The molecule has 0 spiro atoms. The van der Waals surface area contributed by atoms with Crippen LogP contribution in [0.25, 0.3) is 11.0 Å². The number of rotatable bonds is 3. The maximum atomic E-state index is 12.2. The molecular formula is C18H16O4. The van der Waals surface area contributed by atoms with E-state index in [1.807, 2.05) is 6.07 Å². The lowest BCUT2D eigenvalue weighted by Crippen LogP contribution is -2.21. The number of carbonyl (C=O) groups excluding carboxylic acids is 1. The highest BCUT2D eigenvalue weighted by Crippen LogP contribution is 2.43. The van der Waals surface area contributed by atoms with E-state index in [0.29, 0.717) is 29.9 Å². The summed E-state index contributed by atoms with van der Waals surface area (Å²) < 4.78 is 10.5. The molecule has 1 fully saturated rings. The molecule has 2 bridgehead atoms.